The molecule has 2 N–H and O–H groups in total. The van der Waals surface area contributed by atoms with Gasteiger partial charge in [-0.05, 0) is 42.0 Å². The number of aromatic amines is 1. The highest BCUT2D eigenvalue weighted by atomic mass is 16.5. The minimum atomic E-state index is -0.317. The van der Waals surface area contributed by atoms with E-state index in [0.717, 1.165) is 16.7 Å². The summed E-state index contributed by atoms with van der Waals surface area (Å²) in [5.41, 5.74) is 3.98. The second-order valence-corrected chi connectivity index (χ2v) is 7.41. The van der Waals surface area contributed by atoms with E-state index in [-0.39, 0.29) is 5.91 Å². The first-order valence-corrected chi connectivity index (χ1v) is 10.5. The second kappa shape index (κ2) is 9.37. The topological polar surface area (TPSA) is 119 Å². The minimum Gasteiger partial charge on any atom is -0.496 e. The van der Waals surface area contributed by atoms with Crippen molar-refractivity contribution in [1.82, 2.24) is 25.3 Å². The normalized spacial score (nSPS) is 10.7. The van der Waals surface area contributed by atoms with Crippen LogP contribution in [0.2, 0.25) is 0 Å². The number of hydrogen-bond donors (Lipinski definition) is 2. The van der Waals surface area contributed by atoms with Crippen LogP contribution in [0.1, 0.15) is 21.9 Å². The predicted molar refractivity (Wildman–Crippen MR) is 125 cm³/mol. The van der Waals surface area contributed by atoms with Gasteiger partial charge in [-0.25, -0.2) is 0 Å². The summed E-state index contributed by atoms with van der Waals surface area (Å²) < 4.78 is 10.8. The molecule has 0 unspecified atom stereocenters. The molecule has 0 fully saturated rings. The summed E-state index contributed by atoms with van der Waals surface area (Å²) in [5.74, 6) is 1.26. The number of benzene rings is 2. The third-order valence-corrected chi connectivity index (χ3v) is 5.20. The smallest absolute Gasteiger partial charge is 0.273 e. The van der Waals surface area contributed by atoms with Crippen LogP contribution < -0.4 is 10.1 Å². The fourth-order valence-electron chi connectivity index (χ4n) is 3.52. The molecule has 1 amide bonds. The van der Waals surface area contributed by atoms with Crippen molar-refractivity contribution >= 4 is 11.6 Å². The van der Waals surface area contributed by atoms with Crippen LogP contribution in [0.25, 0.3) is 22.6 Å². The number of amides is 1. The van der Waals surface area contributed by atoms with Crippen LogP contribution in [0.5, 0.6) is 5.75 Å². The van der Waals surface area contributed by atoms with Crippen LogP contribution >= 0.6 is 0 Å². The lowest BCUT2D eigenvalue weighted by molar-refractivity contribution is 0.102. The van der Waals surface area contributed by atoms with Crippen LogP contribution in [0, 0.1) is 0 Å². The van der Waals surface area contributed by atoms with Gasteiger partial charge in [-0.15, -0.1) is 0 Å². The lowest BCUT2D eigenvalue weighted by atomic mass is 10.1. The number of methoxy groups -OCH3 is 1. The van der Waals surface area contributed by atoms with Crippen molar-refractivity contribution in [3.05, 3.63) is 96.3 Å². The quantitative estimate of drug-likeness (QED) is 0.376. The van der Waals surface area contributed by atoms with E-state index < -0.39 is 0 Å². The number of carbonyl (C=O) groups is 1. The zero-order valence-electron chi connectivity index (χ0n) is 18.2. The molecule has 3 heterocycles. The Bertz CT molecular complexity index is 1430. The molecule has 0 aliphatic heterocycles. The number of H-pyrrole nitrogens is 1. The van der Waals surface area contributed by atoms with Gasteiger partial charge in [-0.3, -0.25) is 14.9 Å². The maximum Gasteiger partial charge on any atom is 0.273 e. The predicted octanol–water partition coefficient (Wildman–Crippen LogP) is 4.37. The maximum absolute atomic E-state index is 12.9. The van der Waals surface area contributed by atoms with Crippen molar-refractivity contribution in [1.29, 1.82) is 0 Å². The summed E-state index contributed by atoms with van der Waals surface area (Å²) in [4.78, 5) is 21.5. The zero-order chi connectivity index (χ0) is 23.3. The lowest BCUT2D eigenvalue weighted by Gasteiger charge is -2.08. The molecule has 9 nitrogen and oxygen atoms in total. The van der Waals surface area contributed by atoms with E-state index in [0.29, 0.717) is 41.0 Å². The van der Waals surface area contributed by atoms with Crippen LogP contribution in [-0.4, -0.2) is 38.3 Å². The van der Waals surface area contributed by atoms with E-state index in [2.05, 4.69) is 30.6 Å². The number of nitrogens with one attached hydrogen (secondary N) is 2. The van der Waals surface area contributed by atoms with E-state index in [1.54, 1.807) is 25.6 Å². The first-order chi connectivity index (χ1) is 16.7. The molecular weight excluding hydrogens is 432 g/mol. The summed E-state index contributed by atoms with van der Waals surface area (Å²) in [5, 5.41) is 14.0. The molecule has 2 aromatic carbocycles. The Morgan fingerprint density at radius 3 is 2.79 bits per heavy atom. The number of hydrogen-bond acceptors (Lipinski definition) is 7. The highest BCUT2D eigenvalue weighted by Crippen LogP contribution is 2.28. The molecule has 0 aliphatic carbocycles. The van der Waals surface area contributed by atoms with Crippen LogP contribution in [-0.2, 0) is 6.42 Å². The third kappa shape index (κ3) is 4.40. The average molecular weight is 452 g/mol. The number of aromatic nitrogens is 5. The molecule has 0 aliphatic rings. The highest BCUT2D eigenvalue weighted by molar-refractivity contribution is 6.04. The van der Waals surface area contributed by atoms with Gasteiger partial charge < -0.3 is 14.6 Å². The SMILES string of the molecule is COc1ccccc1-c1cc(C(=O)Nc2ccccc2Cc2nc(-c3cccnc3)no2)[nH]n1. The van der Waals surface area contributed by atoms with E-state index in [1.807, 2.05) is 60.7 Å². The first-order valence-electron chi connectivity index (χ1n) is 10.5. The number of ether oxygens (including phenoxy) is 1. The number of carbonyl (C=O) groups excluding carboxylic acids is 1. The first kappa shape index (κ1) is 21.1. The number of nitrogens with zero attached hydrogens (tertiary/aromatic N) is 4. The molecule has 5 aromatic rings. The van der Waals surface area contributed by atoms with Gasteiger partial charge in [0.1, 0.15) is 11.4 Å². The fourth-order valence-corrected chi connectivity index (χ4v) is 3.52. The maximum atomic E-state index is 12.9. The number of para-hydroxylation sites is 2. The Labute approximate surface area is 194 Å². The Hall–Kier alpha value is -4.79. The van der Waals surface area contributed by atoms with Gasteiger partial charge >= 0.3 is 0 Å². The summed E-state index contributed by atoms with van der Waals surface area (Å²) in [6, 6.07) is 20.3. The standard InChI is InChI=1S/C25H20N6O3/c1-33-22-11-5-3-9-18(22)20-14-21(30-29-20)25(32)27-19-10-4-2-7-16(19)13-23-28-24(31-34-23)17-8-6-12-26-15-17/h2-12,14-15H,13H2,1H3,(H,27,32)(H,29,30). The Balaban J connectivity index is 1.33. The van der Waals surface area contributed by atoms with Crippen LogP contribution in [0.15, 0.2) is 83.6 Å². The molecule has 168 valence electrons. The minimum absolute atomic E-state index is 0.317. The summed E-state index contributed by atoms with van der Waals surface area (Å²) in [6.45, 7) is 0. The molecule has 0 saturated heterocycles. The fraction of sp³-hybridized carbons (Fsp3) is 0.0800. The number of rotatable bonds is 7. The van der Waals surface area contributed by atoms with Gasteiger partial charge in [0.05, 0.1) is 19.2 Å². The molecule has 5 rings (SSSR count). The van der Waals surface area contributed by atoms with Gasteiger partial charge in [0, 0.05) is 29.2 Å². The van der Waals surface area contributed by atoms with E-state index in [4.69, 9.17) is 9.26 Å². The number of pyridine rings is 1. The van der Waals surface area contributed by atoms with Crippen molar-refractivity contribution in [2.75, 3.05) is 12.4 Å². The number of anilines is 1. The second-order valence-electron chi connectivity index (χ2n) is 7.41. The van der Waals surface area contributed by atoms with E-state index in [9.17, 15) is 4.79 Å². The van der Waals surface area contributed by atoms with Crippen molar-refractivity contribution in [2.45, 2.75) is 6.42 Å². The molecule has 3 aromatic heterocycles. The summed E-state index contributed by atoms with van der Waals surface area (Å²) >= 11 is 0. The molecule has 0 bridgehead atoms. The van der Waals surface area contributed by atoms with Gasteiger partial charge in [0.2, 0.25) is 11.7 Å². The Kier molecular flexibility index (Phi) is 5.81. The van der Waals surface area contributed by atoms with Gasteiger partial charge in [0.25, 0.3) is 5.91 Å². The molecule has 34 heavy (non-hydrogen) atoms. The van der Waals surface area contributed by atoms with Crippen molar-refractivity contribution in [3.8, 4) is 28.4 Å². The lowest BCUT2D eigenvalue weighted by Crippen LogP contribution is -2.14. The van der Waals surface area contributed by atoms with Gasteiger partial charge in [-0.2, -0.15) is 10.1 Å². The monoisotopic (exact) mass is 452 g/mol. The summed E-state index contributed by atoms with van der Waals surface area (Å²) in [7, 11) is 1.60. The van der Waals surface area contributed by atoms with Crippen LogP contribution in [0.3, 0.4) is 0 Å². The molecule has 9 heteroatoms. The molecule has 0 saturated carbocycles. The largest absolute Gasteiger partial charge is 0.496 e. The third-order valence-electron chi connectivity index (χ3n) is 5.20. The van der Waals surface area contributed by atoms with Crippen molar-refractivity contribution in [3.63, 3.8) is 0 Å². The Morgan fingerprint density at radius 1 is 1.09 bits per heavy atom. The van der Waals surface area contributed by atoms with Gasteiger partial charge in [-0.1, -0.05) is 35.5 Å². The average Bonchev–Trinajstić information content (AvgIpc) is 3.56. The van der Waals surface area contributed by atoms with Gasteiger partial charge in [0.15, 0.2) is 0 Å². The zero-order valence-corrected chi connectivity index (χ0v) is 18.2. The molecular formula is C25H20N6O3. The van der Waals surface area contributed by atoms with E-state index in [1.165, 1.54) is 0 Å². The summed E-state index contributed by atoms with van der Waals surface area (Å²) in [6.07, 6.45) is 3.72. The highest BCUT2D eigenvalue weighted by Gasteiger charge is 2.16. The van der Waals surface area contributed by atoms with E-state index >= 15 is 0 Å². The van der Waals surface area contributed by atoms with Crippen molar-refractivity contribution in [2.24, 2.45) is 0 Å². The van der Waals surface area contributed by atoms with Crippen LogP contribution in [0.4, 0.5) is 5.69 Å². The Morgan fingerprint density at radius 2 is 1.94 bits per heavy atom. The molecule has 0 radical (unpaired) electrons. The molecule has 0 spiro atoms. The van der Waals surface area contributed by atoms with Crippen molar-refractivity contribution < 1.29 is 14.1 Å². The molecule has 0 atom stereocenters.